The molecule has 0 aliphatic carbocycles. The van der Waals surface area contributed by atoms with Crippen molar-refractivity contribution in [2.45, 2.75) is 6.04 Å². The minimum atomic E-state index is -0.655. The highest BCUT2D eigenvalue weighted by Crippen LogP contribution is 2.44. The molecule has 1 aliphatic rings. The highest BCUT2D eigenvalue weighted by Gasteiger charge is 2.45. The Morgan fingerprint density at radius 2 is 1.75 bits per heavy atom. The second-order valence-electron chi connectivity index (χ2n) is 7.04. The van der Waals surface area contributed by atoms with E-state index < -0.39 is 6.04 Å². The lowest BCUT2D eigenvalue weighted by molar-refractivity contribution is -0.114. The molecule has 0 saturated heterocycles. The molecule has 2 N–H and O–H groups in total. The Morgan fingerprint density at radius 1 is 0.969 bits per heavy atom. The molecule has 8 heteroatoms. The minimum absolute atomic E-state index is 0.0142. The van der Waals surface area contributed by atoms with Gasteiger partial charge in [0.2, 0.25) is 5.78 Å². The number of thiazole rings is 1. The van der Waals surface area contributed by atoms with E-state index in [1.54, 1.807) is 40.7 Å². The summed E-state index contributed by atoms with van der Waals surface area (Å²) in [6, 6.07) is 18.9. The predicted octanol–water partition coefficient (Wildman–Crippen LogP) is 5.25. The smallest absolute Gasteiger partial charge is 0.277 e. The van der Waals surface area contributed by atoms with Crippen molar-refractivity contribution in [1.29, 1.82) is 0 Å². The quantitative estimate of drug-likeness (QED) is 0.304. The normalized spacial score (nSPS) is 15.9. The van der Waals surface area contributed by atoms with Gasteiger partial charge in [-0.1, -0.05) is 48.5 Å². The summed E-state index contributed by atoms with van der Waals surface area (Å²) >= 11 is 2.65. The number of phenolic OH excluding ortho intramolecular Hbond substituents is 1. The average Bonchev–Trinajstić information content (AvgIpc) is 3.57. The molecule has 0 spiro atoms. The molecular formula is C24H17N3O3S2. The molecule has 3 heterocycles. The van der Waals surface area contributed by atoms with E-state index in [-0.39, 0.29) is 23.1 Å². The first kappa shape index (κ1) is 20.2. The number of hydrogen-bond acceptors (Lipinski definition) is 7. The Kier molecular flexibility index (Phi) is 5.30. The zero-order chi connectivity index (χ0) is 22.1. The molecule has 1 aliphatic heterocycles. The summed E-state index contributed by atoms with van der Waals surface area (Å²) in [5, 5.41) is 17.5. The third-order valence-corrected chi connectivity index (χ3v) is 6.77. The van der Waals surface area contributed by atoms with Gasteiger partial charge >= 0.3 is 0 Å². The summed E-state index contributed by atoms with van der Waals surface area (Å²) in [7, 11) is 0. The van der Waals surface area contributed by atoms with Crippen LogP contribution in [0.25, 0.3) is 0 Å². The van der Waals surface area contributed by atoms with Crippen LogP contribution < -0.4 is 10.2 Å². The summed E-state index contributed by atoms with van der Waals surface area (Å²) < 4.78 is 0. The van der Waals surface area contributed by atoms with Gasteiger partial charge in [0.1, 0.15) is 11.4 Å². The van der Waals surface area contributed by atoms with Gasteiger partial charge in [-0.3, -0.25) is 14.5 Å². The third-order valence-electron chi connectivity index (χ3n) is 5.13. The number of para-hydroxylation sites is 2. The largest absolute Gasteiger partial charge is 0.506 e. The number of nitrogens with one attached hydrogen (secondary N) is 1. The third kappa shape index (κ3) is 3.49. The lowest BCUT2D eigenvalue weighted by Gasteiger charge is -2.24. The molecule has 32 heavy (non-hydrogen) atoms. The molecule has 6 nitrogen and oxygen atoms in total. The maximum atomic E-state index is 13.7. The standard InChI is InChI=1S/C24H17N3O3S2/c28-17-10-5-4-9-16(17)26-20-19(22(29)18-11-6-13-31-18)21(15-7-2-1-3-8-15)27(23(20)30)24-25-12-14-32-24/h1-14,21,26,28H. The van der Waals surface area contributed by atoms with E-state index in [4.69, 9.17) is 0 Å². The number of aromatic hydroxyl groups is 1. The summed E-state index contributed by atoms with van der Waals surface area (Å²) in [5.41, 5.74) is 1.60. The number of phenols is 1. The molecule has 1 atom stereocenters. The van der Waals surface area contributed by atoms with Gasteiger partial charge in [0.25, 0.3) is 5.91 Å². The molecule has 2 aromatic heterocycles. The van der Waals surface area contributed by atoms with Crippen molar-refractivity contribution >= 4 is 45.2 Å². The number of Topliss-reactive ketones (excluding diaryl/α,β-unsaturated/α-hetero) is 1. The minimum Gasteiger partial charge on any atom is -0.506 e. The second kappa shape index (κ2) is 8.41. The number of thiophene rings is 1. The summed E-state index contributed by atoms with van der Waals surface area (Å²) in [4.78, 5) is 33.9. The van der Waals surface area contributed by atoms with Crippen LogP contribution in [0.4, 0.5) is 10.8 Å². The first-order valence-corrected chi connectivity index (χ1v) is 11.6. The molecule has 0 fully saturated rings. The van der Waals surface area contributed by atoms with E-state index in [2.05, 4.69) is 10.3 Å². The highest BCUT2D eigenvalue weighted by molar-refractivity contribution is 7.14. The number of rotatable bonds is 6. The van der Waals surface area contributed by atoms with Crippen molar-refractivity contribution < 1.29 is 14.7 Å². The number of carbonyl (C=O) groups is 2. The zero-order valence-corrected chi connectivity index (χ0v) is 18.3. The van der Waals surface area contributed by atoms with Gasteiger partial charge < -0.3 is 10.4 Å². The maximum Gasteiger partial charge on any atom is 0.277 e. The summed E-state index contributed by atoms with van der Waals surface area (Å²) in [5.74, 6) is -0.629. The Morgan fingerprint density at radius 3 is 2.44 bits per heavy atom. The summed E-state index contributed by atoms with van der Waals surface area (Å²) in [6.45, 7) is 0. The molecule has 4 aromatic rings. The second-order valence-corrected chi connectivity index (χ2v) is 8.86. The van der Waals surface area contributed by atoms with Crippen LogP contribution in [-0.2, 0) is 4.79 Å². The highest BCUT2D eigenvalue weighted by atomic mass is 32.1. The fourth-order valence-electron chi connectivity index (χ4n) is 3.71. The number of nitrogens with zero attached hydrogens (tertiary/aromatic N) is 2. The van der Waals surface area contributed by atoms with Gasteiger partial charge in [0.05, 0.1) is 22.2 Å². The Labute approximate surface area is 192 Å². The van der Waals surface area contributed by atoms with Gasteiger partial charge in [0.15, 0.2) is 5.13 Å². The molecule has 0 saturated carbocycles. The number of anilines is 2. The van der Waals surface area contributed by atoms with E-state index in [9.17, 15) is 14.7 Å². The van der Waals surface area contributed by atoms with E-state index in [1.165, 1.54) is 28.7 Å². The molecule has 158 valence electrons. The van der Waals surface area contributed by atoms with Crippen molar-refractivity contribution in [2.24, 2.45) is 0 Å². The van der Waals surface area contributed by atoms with Crippen molar-refractivity contribution in [3.63, 3.8) is 0 Å². The fraction of sp³-hybridized carbons (Fsp3) is 0.0417. The van der Waals surface area contributed by atoms with Crippen LogP contribution in [0, 0.1) is 0 Å². The lowest BCUT2D eigenvalue weighted by atomic mass is 9.95. The lowest BCUT2D eigenvalue weighted by Crippen LogP contribution is -2.31. The Hall–Kier alpha value is -3.75. The van der Waals surface area contributed by atoms with E-state index in [1.807, 2.05) is 41.8 Å². The van der Waals surface area contributed by atoms with Gasteiger partial charge in [-0.2, -0.15) is 0 Å². The maximum absolute atomic E-state index is 13.7. The van der Waals surface area contributed by atoms with E-state index >= 15 is 0 Å². The van der Waals surface area contributed by atoms with Crippen LogP contribution in [-0.4, -0.2) is 21.8 Å². The molecule has 1 amide bonds. The van der Waals surface area contributed by atoms with Gasteiger partial charge in [-0.25, -0.2) is 4.98 Å². The van der Waals surface area contributed by atoms with E-state index in [0.717, 1.165) is 5.56 Å². The fourth-order valence-corrected chi connectivity index (χ4v) is 5.06. The van der Waals surface area contributed by atoms with Gasteiger partial charge in [-0.15, -0.1) is 22.7 Å². The number of ketones is 1. The zero-order valence-electron chi connectivity index (χ0n) is 16.6. The monoisotopic (exact) mass is 459 g/mol. The average molecular weight is 460 g/mol. The van der Waals surface area contributed by atoms with Crippen LogP contribution >= 0.6 is 22.7 Å². The van der Waals surface area contributed by atoms with Crippen molar-refractivity contribution in [1.82, 2.24) is 4.98 Å². The molecular weight excluding hydrogens is 442 g/mol. The topological polar surface area (TPSA) is 82.5 Å². The number of benzene rings is 2. The first-order chi connectivity index (χ1) is 15.6. The van der Waals surface area contributed by atoms with Crippen LogP contribution in [0.3, 0.4) is 0 Å². The molecule has 0 bridgehead atoms. The van der Waals surface area contributed by atoms with Crippen LogP contribution in [0.5, 0.6) is 5.75 Å². The van der Waals surface area contributed by atoms with Crippen molar-refractivity contribution in [3.05, 3.63) is 105 Å². The van der Waals surface area contributed by atoms with Crippen LogP contribution in [0.2, 0.25) is 0 Å². The first-order valence-electron chi connectivity index (χ1n) is 9.80. The summed E-state index contributed by atoms with van der Waals surface area (Å²) in [6.07, 6.45) is 1.63. The Bertz CT molecular complexity index is 1300. The van der Waals surface area contributed by atoms with Crippen molar-refractivity contribution in [2.75, 3.05) is 10.2 Å². The molecule has 5 rings (SSSR count). The molecule has 0 radical (unpaired) electrons. The number of aromatic nitrogens is 1. The molecule has 2 aromatic carbocycles. The van der Waals surface area contributed by atoms with Crippen molar-refractivity contribution in [3.8, 4) is 5.75 Å². The number of hydrogen-bond donors (Lipinski definition) is 2. The predicted molar refractivity (Wildman–Crippen MR) is 126 cm³/mol. The van der Waals surface area contributed by atoms with Gasteiger partial charge in [-0.05, 0) is 29.1 Å². The van der Waals surface area contributed by atoms with Gasteiger partial charge in [0, 0.05) is 11.6 Å². The number of carbonyl (C=O) groups excluding carboxylic acids is 2. The molecule has 1 unspecified atom stereocenters. The van der Waals surface area contributed by atoms with E-state index in [0.29, 0.717) is 21.3 Å². The number of amides is 1. The SMILES string of the molecule is O=C(C1=C(Nc2ccccc2O)C(=O)N(c2nccs2)C1c1ccccc1)c1cccs1. The van der Waals surface area contributed by atoms with Crippen LogP contribution in [0.15, 0.2) is 95.0 Å². The Balaban J connectivity index is 1.72. The van der Waals surface area contributed by atoms with Crippen LogP contribution in [0.1, 0.15) is 21.3 Å².